The highest BCUT2D eigenvalue weighted by Crippen LogP contribution is 2.38. The number of hydrogen-bond acceptors (Lipinski definition) is 10. The molecule has 1 atom stereocenters. The zero-order valence-corrected chi connectivity index (χ0v) is 22.2. The van der Waals surface area contributed by atoms with Crippen LogP contribution in [0.4, 0.5) is 37.6 Å². The van der Waals surface area contributed by atoms with Crippen LogP contribution in [0.2, 0.25) is 0 Å². The first kappa shape index (κ1) is 27.2. The molecule has 0 radical (unpaired) electrons. The third kappa shape index (κ3) is 5.95. The topological polar surface area (TPSA) is 108 Å². The normalized spacial score (nSPS) is 17.6. The molecule has 5 rings (SSSR count). The molecule has 0 unspecified atom stereocenters. The lowest BCUT2D eigenvalue weighted by atomic mass is 10.0. The molecule has 3 aromatic rings. The largest absolute Gasteiger partial charge is 0.479 e. The van der Waals surface area contributed by atoms with Gasteiger partial charge < -0.3 is 25.2 Å². The van der Waals surface area contributed by atoms with Crippen molar-refractivity contribution in [3.63, 3.8) is 0 Å². The van der Waals surface area contributed by atoms with E-state index in [1.807, 2.05) is 0 Å². The van der Waals surface area contributed by atoms with Gasteiger partial charge in [-0.2, -0.15) is 4.98 Å². The average Bonchev–Trinajstić information content (AvgIpc) is 3.44. The molecule has 2 aliphatic rings. The number of pyridine rings is 1. The van der Waals surface area contributed by atoms with Crippen LogP contribution in [0, 0.1) is 11.6 Å². The number of hydrogen-bond donors (Lipinski definition) is 2. The van der Waals surface area contributed by atoms with E-state index in [-0.39, 0.29) is 5.91 Å². The summed E-state index contributed by atoms with van der Waals surface area (Å²) in [6.45, 7) is 7.08. The number of carbonyl (C=O) groups excluding carboxylic acids is 1. The van der Waals surface area contributed by atoms with Crippen molar-refractivity contribution in [2.45, 2.75) is 12.5 Å². The second kappa shape index (κ2) is 11.8. The van der Waals surface area contributed by atoms with Crippen LogP contribution in [0.15, 0.2) is 49.3 Å². The predicted molar refractivity (Wildman–Crippen MR) is 147 cm³/mol. The van der Waals surface area contributed by atoms with Gasteiger partial charge >= 0.3 is 0 Å². The van der Waals surface area contributed by atoms with E-state index in [4.69, 9.17) is 14.6 Å². The number of ether oxygens (including phenoxy) is 1. The lowest BCUT2D eigenvalue weighted by Gasteiger charge is -2.34. The third-order valence-electron chi connectivity index (χ3n) is 6.72. The maximum Gasteiger partial charge on any atom is 0.247 e. The van der Waals surface area contributed by atoms with E-state index in [0.717, 1.165) is 32.2 Å². The Labute approximate surface area is 230 Å². The third-order valence-corrected chi connectivity index (χ3v) is 6.72. The summed E-state index contributed by atoms with van der Waals surface area (Å²) in [4.78, 5) is 35.7. The molecule has 1 aromatic carbocycles. The van der Waals surface area contributed by atoms with Crippen LogP contribution in [0.3, 0.4) is 0 Å². The molecule has 4 heterocycles. The highest BCUT2D eigenvalue weighted by molar-refractivity contribution is 6.01. The first-order valence-corrected chi connectivity index (χ1v) is 12.8. The van der Waals surface area contributed by atoms with E-state index >= 15 is 0 Å². The summed E-state index contributed by atoms with van der Waals surface area (Å²) in [5, 5.41) is 7.54. The fraction of sp³-hybridized carbons (Fsp3) is 0.333. The Morgan fingerprint density at radius 3 is 2.55 bits per heavy atom. The van der Waals surface area contributed by atoms with Crippen LogP contribution in [-0.2, 0) is 9.63 Å². The van der Waals surface area contributed by atoms with E-state index in [1.165, 1.54) is 36.7 Å². The van der Waals surface area contributed by atoms with Gasteiger partial charge in [-0.1, -0.05) is 6.58 Å². The van der Waals surface area contributed by atoms with Gasteiger partial charge in [0.2, 0.25) is 11.8 Å². The lowest BCUT2D eigenvalue weighted by Crippen LogP contribution is -2.45. The smallest absolute Gasteiger partial charge is 0.247 e. The van der Waals surface area contributed by atoms with Crippen molar-refractivity contribution in [3.8, 4) is 5.88 Å². The molecule has 1 amide bonds. The maximum atomic E-state index is 13.9. The van der Waals surface area contributed by atoms with Crippen LogP contribution in [0.1, 0.15) is 18.0 Å². The van der Waals surface area contributed by atoms with Crippen LogP contribution in [-0.4, -0.2) is 72.7 Å². The minimum Gasteiger partial charge on any atom is -0.479 e. The lowest BCUT2D eigenvalue weighted by molar-refractivity contribution is -0.111. The van der Waals surface area contributed by atoms with E-state index < -0.39 is 17.7 Å². The highest BCUT2D eigenvalue weighted by Gasteiger charge is 2.30. The SMILES string of the molecule is C=CC(=O)Nc1cc(Nc2cc(N3OCC[C@@H]3c3cc(F)cc(F)c3)ncn2)c(OC)nc1N1CCN(C)CC1. The molecule has 2 saturated heterocycles. The number of aromatic nitrogens is 3. The Morgan fingerprint density at radius 1 is 1.10 bits per heavy atom. The Bertz CT molecular complexity index is 1380. The number of benzene rings is 1. The van der Waals surface area contributed by atoms with Crippen molar-refractivity contribution in [2.24, 2.45) is 0 Å². The van der Waals surface area contributed by atoms with Crippen LogP contribution < -0.4 is 25.3 Å². The number of anilines is 5. The fourth-order valence-electron chi connectivity index (χ4n) is 4.71. The molecule has 2 aromatic heterocycles. The summed E-state index contributed by atoms with van der Waals surface area (Å²) in [6.07, 6.45) is 3.06. The predicted octanol–water partition coefficient (Wildman–Crippen LogP) is 3.66. The number of likely N-dealkylation sites (N-methyl/N-ethyl adjacent to an activating group) is 1. The maximum absolute atomic E-state index is 13.9. The van der Waals surface area contributed by atoms with Gasteiger partial charge in [-0.15, -0.1) is 0 Å². The first-order chi connectivity index (χ1) is 19.3. The van der Waals surface area contributed by atoms with Gasteiger partial charge in [0, 0.05) is 44.7 Å². The van der Waals surface area contributed by atoms with Gasteiger partial charge in [-0.05, 0) is 36.9 Å². The van der Waals surface area contributed by atoms with Crippen LogP contribution >= 0.6 is 0 Å². The van der Waals surface area contributed by atoms with Crippen molar-refractivity contribution in [1.29, 1.82) is 0 Å². The highest BCUT2D eigenvalue weighted by atomic mass is 19.1. The molecular weight excluding hydrogens is 522 g/mol. The monoisotopic (exact) mass is 552 g/mol. The number of methoxy groups -OCH3 is 1. The van der Waals surface area contributed by atoms with Crippen molar-refractivity contribution < 1.29 is 23.1 Å². The molecule has 0 saturated carbocycles. The summed E-state index contributed by atoms with van der Waals surface area (Å²) < 4.78 is 33.4. The second-order valence-corrected chi connectivity index (χ2v) is 9.45. The standard InChI is InChI=1S/C27H30F2N8O3/c1-4-25(38)33-20-14-21(27(39-3)34-26(20)36-8-6-35(2)7-9-36)32-23-15-24(31-16-30-23)37-22(5-10-40-37)17-11-18(28)13-19(29)12-17/h4,11-16,22H,1,5-10H2,2-3H3,(H,33,38)(H,30,31,32)/t22-/m1/s1. The van der Waals surface area contributed by atoms with Gasteiger partial charge in [-0.25, -0.2) is 23.8 Å². The van der Waals surface area contributed by atoms with Gasteiger partial charge in [0.05, 0.1) is 25.4 Å². The molecule has 2 aliphatic heterocycles. The second-order valence-electron chi connectivity index (χ2n) is 9.45. The van der Waals surface area contributed by atoms with Crippen molar-refractivity contribution in [2.75, 3.05) is 67.5 Å². The summed E-state index contributed by atoms with van der Waals surface area (Å²) >= 11 is 0. The zero-order chi connectivity index (χ0) is 28.2. The first-order valence-electron chi connectivity index (χ1n) is 12.8. The summed E-state index contributed by atoms with van der Waals surface area (Å²) in [5.74, 6) is -0.0229. The van der Waals surface area contributed by atoms with E-state index in [2.05, 4.69) is 44.0 Å². The van der Waals surface area contributed by atoms with E-state index in [0.29, 0.717) is 53.3 Å². The summed E-state index contributed by atoms with van der Waals surface area (Å²) in [7, 11) is 3.57. The van der Waals surface area contributed by atoms with Crippen LogP contribution in [0.5, 0.6) is 5.88 Å². The van der Waals surface area contributed by atoms with Crippen LogP contribution in [0.25, 0.3) is 0 Å². The van der Waals surface area contributed by atoms with Crippen molar-refractivity contribution >= 4 is 34.7 Å². The molecule has 210 valence electrons. The van der Waals surface area contributed by atoms with Gasteiger partial charge in [-0.3, -0.25) is 9.63 Å². The molecule has 11 nitrogen and oxygen atoms in total. The Balaban J connectivity index is 1.44. The van der Waals surface area contributed by atoms with Crippen molar-refractivity contribution in [1.82, 2.24) is 19.9 Å². The van der Waals surface area contributed by atoms with E-state index in [9.17, 15) is 13.6 Å². The molecular formula is C27H30F2N8O3. The molecule has 2 fully saturated rings. The molecule has 13 heteroatoms. The number of carbonyl (C=O) groups is 1. The van der Waals surface area contributed by atoms with Crippen molar-refractivity contribution in [3.05, 3.63) is 66.5 Å². The number of piperazine rings is 1. The minimum atomic E-state index is -0.661. The Morgan fingerprint density at radius 2 is 1.85 bits per heavy atom. The Kier molecular flexibility index (Phi) is 8.03. The zero-order valence-electron chi connectivity index (χ0n) is 22.2. The number of halogens is 2. The molecule has 2 N–H and O–H groups in total. The Hall–Kier alpha value is -4.36. The average molecular weight is 553 g/mol. The summed E-state index contributed by atoms with van der Waals surface area (Å²) in [5.41, 5.74) is 1.38. The number of nitrogens with zero attached hydrogens (tertiary/aromatic N) is 6. The molecule has 0 aliphatic carbocycles. The fourth-order valence-corrected chi connectivity index (χ4v) is 4.71. The molecule has 40 heavy (non-hydrogen) atoms. The summed E-state index contributed by atoms with van der Waals surface area (Å²) in [6, 6.07) is 6.34. The number of nitrogens with one attached hydrogen (secondary N) is 2. The van der Waals surface area contributed by atoms with Gasteiger partial charge in [0.1, 0.15) is 29.5 Å². The number of amides is 1. The number of hydroxylamine groups is 1. The quantitative estimate of drug-likeness (QED) is 0.402. The number of rotatable bonds is 8. The molecule has 0 bridgehead atoms. The van der Waals surface area contributed by atoms with Gasteiger partial charge in [0.15, 0.2) is 11.6 Å². The van der Waals surface area contributed by atoms with Gasteiger partial charge in [0.25, 0.3) is 0 Å². The van der Waals surface area contributed by atoms with E-state index in [1.54, 1.807) is 12.1 Å². The minimum absolute atomic E-state index is 0.302. The molecule has 0 spiro atoms.